The number of aromatic amines is 1. The van der Waals surface area contributed by atoms with Gasteiger partial charge in [-0.3, -0.25) is 9.89 Å². The lowest BCUT2D eigenvalue weighted by Gasteiger charge is -2.39. The van der Waals surface area contributed by atoms with Crippen LogP contribution >= 0.6 is 11.8 Å². The minimum absolute atomic E-state index is 0.0325. The highest BCUT2D eigenvalue weighted by molar-refractivity contribution is 8.00. The molecule has 1 amide bonds. The number of nitrogens with zero attached hydrogens (tertiary/aromatic N) is 4. The molecule has 20 heavy (non-hydrogen) atoms. The molecule has 6 nitrogen and oxygen atoms in total. The molecule has 1 aliphatic rings. The van der Waals surface area contributed by atoms with E-state index >= 15 is 0 Å². The second kappa shape index (κ2) is 6.27. The minimum Gasteiger partial charge on any atom is -0.326 e. The fourth-order valence-corrected chi connectivity index (χ4v) is 3.42. The summed E-state index contributed by atoms with van der Waals surface area (Å²) in [5.74, 6) is -0.0325. The molecule has 1 heterocycles. The fourth-order valence-electron chi connectivity index (χ4n) is 2.61. The van der Waals surface area contributed by atoms with Crippen molar-refractivity contribution in [2.45, 2.75) is 55.0 Å². The normalized spacial score (nSPS) is 19.1. The molecule has 0 unspecified atom stereocenters. The summed E-state index contributed by atoms with van der Waals surface area (Å²) in [5, 5.41) is 16.3. The Morgan fingerprint density at radius 3 is 2.80 bits per heavy atom. The molecule has 1 saturated carbocycles. The van der Waals surface area contributed by atoms with E-state index in [1.54, 1.807) is 11.9 Å². The van der Waals surface area contributed by atoms with Gasteiger partial charge in [-0.05, 0) is 19.8 Å². The van der Waals surface area contributed by atoms with Gasteiger partial charge in [0, 0.05) is 7.05 Å². The molecule has 2 rings (SSSR count). The monoisotopic (exact) mass is 293 g/mol. The number of hydrogen-bond acceptors (Lipinski definition) is 5. The molecule has 0 aromatic carbocycles. The lowest BCUT2D eigenvalue weighted by molar-refractivity contribution is -0.133. The third-order valence-corrected chi connectivity index (χ3v) is 4.87. The molecule has 1 fully saturated rings. The van der Waals surface area contributed by atoms with Crippen molar-refractivity contribution in [3.05, 3.63) is 6.33 Å². The molecule has 1 N–H and O–H groups in total. The largest absolute Gasteiger partial charge is 0.326 e. The number of carbonyl (C=O) groups is 1. The van der Waals surface area contributed by atoms with Crippen molar-refractivity contribution in [3.8, 4) is 6.07 Å². The van der Waals surface area contributed by atoms with E-state index in [0.29, 0.717) is 5.16 Å². The number of nitriles is 1. The van der Waals surface area contributed by atoms with Crippen LogP contribution in [-0.2, 0) is 4.79 Å². The lowest BCUT2D eigenvalue weighted by Crippen LogP contribution is -2.52. The van der Waals surface area contributed by atoms with Crippen LogP contribution in [0.25, 0.3) is 0 Å². The van der Waals surface area contributed by atoms with Crippen LogP contribution < -0.4 is 0 Å². The highest BCUT2D eigenvalue weighted by atomic mass is 32.2. The molecule has 7 heteroatoms. The van der Waals surface area contributed by atoms with Gasteiger partial charge in [-0.1, -0.05) is 31.0 Å². The van der Waals surface area contributed by atoms with Gasteiger partial charge in [0.1, 0.15) is 11.9 Å². The van der Waals surface area contributed by atoms with Crippen LogP contribution in [0.3, 0.4) is 0 Å². The van der Waals surface area contributed by atoms with E-state index in [2.05, 4.69) is 21.3 Å². The van der Waals surface area contributed by atoms with Crippen LogP contribution in [-0.4, -0.2) is 43.8 Å². The average Bonchev–Trinajstić information content (AvgIpc) is 2.99. The summed E-state index contributed by atoms with van der Waals surface area (Å²) < 4.78 is 0. The molecule has 1 aliphatic carbocycles. The number of rotatable bonds is 4. The van der Waals surface area contributed by atoms with Crippen LogP contribution in [0.2, 0.25) is 0 Å². The molecule has 1 aromatic rings. The Labute approximate surface area is 122 Å². The molecule has 108 valence electrons. The third-order valence-electron chi connectivity index (χ3n) is 3.89. The van der Waals surface area contributed by atoms with Gasteiger partial charge in [0.15, 0.2) is 5.16 Å². The van der Waals surface area contributed by atoms with Crippen molar-refractivity contribution in [1.29, 1.82) is 5.26 Å². The molecule has 0 radical (unpaired) electrons. The van der Waals surface area contributed by atoms with E-state index in [4.69, 9.17) is 0 Å². The number of thioether (sulfide) groups is 1. The third kappa shape index (κ3) is 2.96. The number of nitrogens with one attached hydrogen (secondary N) is 1. The molecule has 0 saturated heterocycles. The number of H-pyrrole nitrogens is 1. The average molecular weight is 293 g/mol. The summed E-state index contributed by atoms with van der Waals surface area (Å²) in [7, 11) is 1.74. The van der Waals surface area contributed by atoms with Gasteiger partial charge in [-0.25, -0.2) is 4.98 Å². The van der Waals surface area contributed by atoms with Gasteiger partial charge in [-0.15, -0.1) is 0 Å². The van der Waals surface area contributed by atoms with E-state index in [-0.39, 0.29) is 11.2 Å². The van der Waals surface area contributed by atoms with E-state index in [1.165, 1.54) is 18.1 Å². The zero-order valence-corrected chi connectivity index (χ0v) is 12.6. The van der Waals surface area contributed by atoms with Gasteiger partial charge in [0.05, 0.1) is 11.3 Å². The number of amides is 1. The Bertz CT molecular complexity index is 489. The summed E-state index contributed by atoms with van der Waals surface area (Å²) in [5.41, 5.74) is -0.633. The maximum atomic E-state index is 12.5. The molecular weight excluding hydrogens is 274 g/mol. The topological polar surface area (TPSA) is 85.7 Å². The van der Waals surface area contributed by atoms with Gasteiger partial charge >= 0.3 is 0 Å². The first-order valence-corrected chi connectivity index (χ1v) is 7.68. The summed E-state index contributed by atoms with van der Waals surface area (Å²) in [6, 6.07) is 2.37. The Hall–Kier alpha value is -1.55. The van der Waals surface area contributed by atoms with Gasteiger partial charge in [0.25, 0.3) is 0 Å². The molecule has 1 atom stereocenters. The van der Waals surface area contributed by atoms with Crippen molar-refractivity contribution in [3.63, 3.8) is 0 Å². The highest BCUT2D eigenvalue weighted by Gasteiger charge is 2.40. The molecule has 0 aliphatic heterocycles. The molecule has 1 aromatic heterocycles. The Morgan fingerprint density at radius 1 is 1.55 bits per heavy atom. The predicted molar refractivity (Wildman–Crippen MR) is 75.9 cm³/mol. The van der Waals surface area contributed by atoms with Gasteiger partial charge in [-0.2, -0.15) is 10.4 Å². The van der Waals surface area contributed by atoms with Gasteiger partial charge in [0.2, 0.25) is 5.91 Å². The molecule has 0 bridgehead atoms. The van der Waals surface area contributed by atoms with Crippen molar-refractivity contribution in [1.82, 2.24) is 20.1 Å². The van der Waals surface area contributed by atoms with Crippen LogP contribution in [0.15, 0.2) is 11.5 Å². The van der Waals surface area contributed by atoms with Crippen molar-refractivity contribution in [2.24, 2.45) is 0 Å². The van der Waals surface area contributed by atoms with Crippen molar-refractivity contribution in [2.75, 3.05) is 7.05 Å². The second-order valence-corrected chi connectivity index (χ2v) is 6.48. The second-order valence-electron chi connectivity index (χ2n) is 5.15. The Balaban J connectivity index is 2.05. The quantitative estimate of drug-likeness (QED) is 0.858. The highest BCUT2D eigenvalue weighted by Crippen LogP contribution is 2.34. The first kappa shape index (κ1) is 14.9. The number of aromatic nitrogens is 3. The SMILES string of the molecule is C[C@H](Sc1ncn[nH]1)C(=O)N(C)C1(C#N)CCCCC1. The van der Waals surface area contributed by atoms with Crippen LogP contribution in [0, 0.1) is 11.3 Å². The van der Waals surface area contributed by atoms with Gasteiger partial charge < -0.3 is 4.90 Å². The summed E-state index contributed by atoms with van der Waals surface area (Å²) in [4.78, 5) is 18.2. The van der Waals surface area contributed by atoms with Crippen molar-refractivity contribution >= 4 is 17.7 Å². The maximum absolute atomic E-state index is 12.5. The lowest BCUT2D eigenvalue weighted by atomic mass is 9.81. The minimum atomic E-state index is -0.633. The van der Waals surface area contributed by atoms with Crippen LogP contribution in [0.5, 0.6) is 0 Å². The van der Waals surface area contributed by atoms with E-state index in [0.717, 1.165) is 32.1 Å². The zero-order valence-electron chi connectivity index (χ0n) is 11.8. The summed E-state index contributed by atoms with van der Waals surface area (Å²) >= 11 is 1.33. The smallest absolute Gasteiger partial charge is 0.236 e. The van der Waals surface area contributed by atoms with E-state index in [1.807, 2.05) is 6.92 Å². The van der Waals surface area contributed by atoms with E-state index in [9.17, 15) is 10.1 Å². The number of hydrogen-bond donors (Lipinski definition) is 1. The Morgan fingerprint density at radius 2 is 2.25 bits per heavy atom. The summed E-state index contributed by atoms with van der Waals surface area (Å²) in [6.45, 7) is 1.83. The molecule has 0 spiro atoms. The fraction of sp³-hybridized carbons (Fsp3) is 0.692. The number of carbonyl (C=O) groups excluding carboxylic acids is 1. The van der Waals surface area contributed by atoms with E-state index < -0.39 is 5.54 Å². The van der Waals surface area contributed by atoms with Crippen LogP contribution in [0.1, 0.15) is 39.0 Å². The Kier molecular flexibility index (Phi) is 4.65. The predicted octanol–water partition coefficient (Wildman–Crippen LogP) is 1.97. The maximum Gasteiger partial charge on any atom is 0.236 e. The summed E-state index contributed by atoms with van der Waals surface area (Å²) in [6.07, 6.45) is 6.12. The van der Waals surface area contributed by atoms with Crippen LogP contribution in [0.4, 0.5) is 0 Å². The first-order chi connectivity index (χ1) is 9.59. The standard InChI is InChI=1S/C13H19N5OS/c1-10(20-12-15-9-16-17-12)11(19)18(2)13(8-14)6-4-3-5-7-13/h9-10H,3-7H2,1-2H3,(H,15,16,17)/t10-/m0/s1. The molecular formula is C13H19N5OS. The first-order valence-electron chi connectivity index (χ1n) is 6.80. The zero-order chi connectivity index (χ0) is 14.6. The van der Waals surface area contributed by atoms with Crippen molar-refractivity contribution < 1.29 is 4.79 Å².